The third kappa shape index (κ3) is 2.40. The highest BCUT2D eigenvalue weighted by Crippen LogP contribution is 2.28. The van der Waals surface area contributed by atoms with Gasteiger partial charge in [0.05, 0.1) is 7.11 Å². The first-order valence-electron chi connectivity index (χ1n) is 6.38. The molecule has 4 heteroatoms. The van der Waals surface area contributed by atoms with E-state index in [0.717, 1.165) is 28.3 Å². The van der Waals surface area contributed by atoms with Crippen LogP contribution in [0.3, 0.4) is 0 Å². The lowest BCUT2D eigenvalue weighted by atomic mass is 10.00. The Labute approximate surface area is 117 Å². The van der Waals surface area contributed by atoms with Crippen LogP contribution in [0, 0.1) is 6.92 Å². The molecule has 1 N–H and O–H groups in total. The van der Waals surface area contributed by atoms with Crippen molar-refractivity contribution in [2.45, 2.75) is 6.92 Å². The van der Waals surface area contributed by atoms with E-state index in [1.54, 1.807) is 7.11 Å². The van der Waals surface area contributed by atoms with E-state index in [9.17, 15) is 0 Å². The zero-order valence-electron chi connectivity index (χ0n) is 11.4. The number of ether oxygens (including phenoxy) is 1. The number of nitrogens with zero attached hydrogens (tertiary/aromatic N) is 2. The molecule has 1 heterocycles. The molecule has 0 fully saturated rings. The summed E-state index contributed by atoms with van der Waals surface area (Å²) in [6.45, 7) is 2.07. The fraction of sp³-hybridized carbons (Fsp3) is 0.125. The molecule has 100 valence electrons. The van der Waals surface area contributed by atoms with Gasteiger partial charge < -0.3 is 4.74 Å². The number of H-pyrrole nitrogens is 1. The summed E-state index contributed by atoms with van der Waals surface area (Å²) in [6.07, 6.45) is 1.52. The summed E-state index contributed by atoms with van der Waals surface area (Å²) < 4.78 is 5.28. The van der Waals surface area contributed by atoms with Crippen molar-refractivity contribution in [3.05, 3.63) is 54.4 Å². The van der Waals surface area contributed by atoms with Crippen LogP contribution in [0.15, 0.2) is 48.8 Å². The Bertz CT molecular complexity index is 720. The fourth-order valence-corrected chi connectivity index (χ4v) is 2.23. The fourth-order valence-electron chi connectivity index (χ4n) is 2.23. The molecule has 2 aromatic carbocycles. The van der Waals surface area contributed by atoms with Crippen LogP contribution in [-0.4, -0.2) is 22.3 Å². The minimum absolute atomic E-state index is 0.776. The molecule has 0 spiro atoms. The minimum atomic E-state index is 0.776. The lowest BCUT2D eigenvalue weighted by Gasteiger charge is -2.08. The topological polar surface area (TPSA) is 50.8 Å². The second kappa shape index (κ2) is 5.17. The van der Waals surface area contributed by atoms with E-state index in [1.807, 2.05) is 18.2 Å². The Balaban J connectivity index is 2.09. The standard InChI is InChI=1S/C16H15N3O/c1-11-6-13(12-4-3-5-15(9-12)20-2)8-14(7-11)16-17-10-18-19-16/h3-10H,1-2H3,(H,17,18,19). The Kier molecular flexibility index (Phi) is 3.21. The van der Waals surface area contributed by atoms with Crippen LogP contribution in [0.4, 0.5) is 0 Å². The van der Waals surface area contributed by atoms with Gasteiger partial charge in [-0.25, -0.2) is 4.98 Å². The maximum absolute atomic E-state index is 5.28. The van der Waals surface area contributed by atoms with Gasteiger partial charge in [0.2, 0.25) is 0 Å². The second-order valence-corrected chi connectivity index (χ2v) is 4.65. The van der Waals surface area contributed by atoms with Crippen molar-refractivity contribution < 1.29 is 4.74 Å². The molecular formula is C16H15N3O. The van der Waals surface area contributed by atoms with Crippen LogP contribution in [0.5, 0.6) is 5.75 Å². The van der Waals surface area contributed by atoms with Gasteiger partial charge in [-0.2, -0.15) is 5.10 Å². The highest BCUT2D eigenvalue weighted by atomic mass is 16.5. The highest BCUT2D eigenvalue weighted by molar-refractivity contribution is 5.72. The molecule has 0 bridgehead atoms. The number of nitrogens with one attached hydrogen (secondary N) is 1. The summed E-state index contributed by atoms with van der Waals surface area (Å²) in [7, 11) is 1.68. The molecule has 0 atom stereocenters. The maximum Gasteiger partial charge on any atom is 0.155 e. The normalized spacial score (nSPS) is 10.5. The third-order valence-electron chi connectivity index (χ3n) is 3.17. The first-order chi connectivity index (χ1) is 9.76. The SMILES string of the molecule is COc1cccc(-c2cc(C)cc(-c3ncn[nH]3)c2)c1. The number of aromatic amines is 1. The number of rotatable bonds is 3. The number of methoxy groups -OCH3 is 1. The van der Waals surface area contributed by atoms with Gasteiger partial charge in [0, 0.05) is 5.56 Å². The number of benzene rings is 2. The molecule has 3 aromatic rings. The van der Waals surface area contributed by atoms with Crippen LogP contribution >= 0.6 is 0 Å². The monoisotopic (exact) mass is 265 g/mol. The quantitative estimate of drug-likeness (QED) is 0.789. The van der Waals surface area contributed by atoms with Gasteiger partial charge in [0.15, 0.2) is 5.82 Å². The first kappa shape index (κ1) is 12.4. The van der Waals surface area contributed by atoms with Crippen LogP contribution in [0.1, 0.15) is 5.56 Å². The van der Waals surface area contributed by atoms with Gasteiger partial charge in [-0.1, -0.05) is 18.2 Å². The Hall–Kier alpha value is -2.62. The second-order valence-electron chi connectivity index (χ2n) is 4.65. The highest BCUT2D eigenvalue weighted by Gasteiger charge is 2.06. The average molecular weight is 265 g/mol. The number of hydrogen-bond acceptors (Lipinski definition) is 3. The zero-order valence-corrected chi connectivity index (χ0v) is 11.4. The van der Waals surface area contributed by atoms with Gasteiger partial charge in [0.1, 0.15) is 12.1 Å². The van der Waals surface area contributed by atoms with Crippen molar-refractivity contribution in [3.63, 3.8) is 0 Å². The zero-order chi connectivity index (χ0) is 13.9. The largest absolute Gasteiger partial charge is 0.497 e. The average Bonchev–Trinajstić information content (AvgIpc) is 3.01. The third-order valence-corrected chi connectivity index (χ3v) is 3.17. The molecule has 3 rings (SSSR count). The summed E-state index contributed by atoms with van der Waals surface area (Å²) in [6, 6.07) is 14.4. The van der Waals surface area contributed by atoms with E-state index in [0.29, 0.717) is 0 Å². The molecular weight excluding hydrogens is 250 g/mol. The Morgan fingerprint density at radius 1 is 1.00 bits per heavy atom. The number of hydrogen-bond donors (Lipinski definition) is 1. The summed E-state index contributed by atoms with van der Waals surface area (Å²) in [5, 5.41) is 6.80. The van der Waals surface area contributed by atoms with Crippen LogP contribution < -0.4 is 4.74 Å². The van der Waals surface area contributed by atoms with E-state index < -0.39 is 0 Å². The molecule has 0 aliphatic rings. The predicted octanol–water partition coefficient (Wildman–Crippen LogP) is 3.46. The van der Waals surface area contributed by atoms with Crippen molar-refractivity contribution in [2.75, 3.05) is 7.11 Å². The van der Waals surface area contributed by atoms with E-state index in [4.69, 9.17) is 4.74 Å². The van der Waals surface area contributed by atoms with Gasteiger partial charge in [-0.05, 0) is 47.9 Å². The van der Waals surface area contributed by atoms with E-state index in [1.165, 1.54) is 11.9 Å². The summed E-state index contributed by atoms with van der Waals surface area (Å²) in [5.41, 5.74) is 4.46. The smallest absolute Gasteiger partial charge is 0.155 e. The van der Waals surface area contributed by atoms with Gasteiger partial charge >= 0.3 is 0 Å². The van der Waals surface area contributed by atoms with Crippen molar-refractivity contribution in [1.82, 2.24) is 15.2 Å². The molecule has 0 aliphatic carbocycles. The lowest BCUT2D eigenvalue weighted by Crippen LogP contribution is -1.87. The molecule has 1 aromatic heterocycles. The molecule has 0 saturated carbocycles. The van der Waals surface area contributed by atoms with Crippen molar-refractivity contribution in [2.24, 2.45) is 0 Å². The maximum atomic E-state index is 5.28. The van der Waals surface area contributed by atoms with E-state index in [2.05, 4.69) is 46.4 Å². The molecule has 0 aliphatic heterocycles. The van der Waals surface area contributed by atoms with Crippen LogP contribution in [0.2, 0.25) is 0 Å². The van der Waals surface area contributed by atoms with E-state index >= 15 is 0 Å². The molecule has 20 heavy (non-hydrogen) atoms. The van der Waals surface area contributed by atoms with Crippen molar-refractivity contribution in [3.8, 4) is 28.3 Å². The van der Waals surface area contributed by atoms with E-state index in [-0.39, 0.29) is 0 Å². The molecule has 4 nitrogen and oxygen atoms in total. The first-order valence-corrected chi connectivity index (χ1v) is 6.38. The van der Waals surface area contributed by atoms with Crippen molar-refractivity contribution in [1.29, 1.82) is 0 Å². The van der Waals surface area contributed by atoms with Crippen LogP contribution in [-0.2, 0) is 0 Å². The van der Waals surface area contributed by atoms with Crippen molar-refractivity contribution >= 4 is 0 Å². The summed E-state index contributed by atoms with van der Waals surface area (Å²) in [5.74, 6) is 1.63. The predicted molar refractivity (Wildman–Crippen MR) is 78.5 cm³/mol. The van der Waals surface area contributed by atoms with Gasteiger partial charge in [-0.15, -0.1) is 0 Å². The number of aryl methyl sites for hydroxylation is 1. The molecule has 0 amide bonds. The molecule has 0 unspecified atom stereocenters. The minimum Gasteiger partial charge on any atom is -0.497 e. The van der Waals surface area contributed by atoms with Gasteiger partial charge in [-0.3, -0.25) is 5.10 Å². The van der Waals surface area contributed by atoms with Gasteiger partial charge in [0.25, 0.3) is 0 Å². The lowest BCUT2D eigenvalue weighted by molar-refractivity contribution is 0.415. The summed E-state index contributed by atoms with van der Waals surface area (Å²) in [4.78, 5) is 4.20. The summed E-state index contributed by atoms with van der Waals surface area (Å²) >= 11 is 0. The molecule has 0 saturated heterocycles. The molecule has 0 radical (unpaired) electrons. The van der Waals surface area contributed by atoms with Crippen LogP contribution in [0.25, 0.3) is 22.5 Å². The Morgan fingerprint density at radius 2 is 1.85 bits per heavy atom. The Morgan fingerprint density at radius 3 is 2.60 bits per heavy atom. The number of aromatic nitrogens is 3.